The van der Waals surface area contributed by atoms with Gasteiger partial charge in [-0.1, -0.05) is 19.3 Å². The van der Waals surface area contributed by atoms with Gasteiger partial charge in [-0.15, -0.1) is 0 Å². The minimum absolute atomic E-state index is 0.216. The Labute approximate surface area is 166 Å². The van der Waals surface area contributed by atoms with Crippen LogP contribution in [-0.4, -0.2) is 86.9 Å². The second kappa shape index (κ2) is 12.6. The summed E-state index contributed by atoms with van der Waals surface area (Å²) in [5.41, 5.74) is 0.216. The number of hydrogen-bond acceptors (Lipinski definition) is 4. The number of nitrogens with zero attached hydrogens (tertiary/aromatic N) is 3. The van der Waals surface area contributed by atoms with E-state index in [1.807, 2.05) is 0 Å². The fourth-order valence-corrected chi connectivity index (χ4v) is 4.45. The Morgan fingerprint density at radius 1 is 1.04 bits per heavy atom. The Hall–Kier alpha value is -0.850. The van der Waals surface area contributed by atoms with Crippen molar-refractivity contribution in [3.63, 3.8) is 0 Å². The summed E-state index contributed by atoms with van der Waals surface area (Å²) < 4.78 is 0. The number of hydrogen-bond donors (Lipinski definition) is 3. The van der Waals surface area contributed by atoms with Crippen molar-refractivity contribution in [3.8, 4) is 0 Å². The average Bonchev–Trinajstić information content (AvgIpc) is 2.88. The van der Waals surface area contributed by atoms with Crippen LogP contribution in [0.4, 0.5) is 0 Å². The van der Waals surface area contributed by atoms with Crippen LogP contribution in [0.1, 0.15) is 58.3 Å². The van der Waals surface area contributed by atoms with E-state index < -0.39 is 0 Å². The molecule has 1 saturated carbocycles. The molecule has 0 unspecified atom stereocenters. The molecule has 2 rings (SSSR count). The second-order valence-corrected chi connectivity index (χ2v) is 8.51. The van der Waals surface area contributed by atoms with E-state index in [4.69, 9.17) is 4.99 Å². The lowest BCUT2D eigenvalue weighted by atomic mass is 9.72. The zero-order chi connectivity index (χ0) is 19.4. The molecule has 1 aliphatic carbocycles. The van der Waals surface area contributed by atoms with E-state index in [0.29, 0.717) is 0 Å². The highest BCUT2D eigenvalue weighted by Crippen LogP contribution is 2.39. The highest BCUT2D eigenvalue weighted by Gasteiger charge is 2.31. The lowest BCUT2D eigenvalue weighted by molar-refractivity contribution is 0.137. The van der Waals surface area contributed by atoms with Crippen LogP contribution < -0.4 is 10.6 Å². The molecule has 0 spiro atoms. The first-order valence-corrected chi connectivity index (χ1v) is 11.2. The number of likely N-dealkylation sites (N-methyl/N-ethyl adjacent to an activating group) is 1. The molecule has 0 atom stereocenters. The van der Waals surface area contributed by atoms with Crippen molar-refractivity contribution >= 4 is 5.96 Å². The van der Waals surface area contributed by atoms with Crippen LogP contribution in [0.5, 0.6) is 0 Å². The summed E-state index contributed by atoms with van der Waals surface area (Å²) in [5, 5.41) is 16.4. The minimum Gasteiger partial charge on any atom is -0.396 e. The van der Waals surface area contributed by atoms with Crippen LogP contribution in [0, 0.1) is 5.41 Å². The number of aliphatic hydroxyl groups excluding tert-OH is 1. The number of nitrogens with one attached hydrogen (secondary N) is 2. The van der Waals surface area contributed by atoms with Gasteiger partial charge in [-0.05, 0) is 71.1 Å². The molecule has 6 nitrogen and oxygen atoms in total. The Morgan fingerprint density at radius 3 is 2.59 bits per heavy atom. The van der Waals surface area contributed by atoms with Crippen LogP contribution in [0.2, 0.25) is 0 Å². The first-order valence-electron chi connectivity index (χ1n) is 11.2. The summed E-state index contributed by atoms with van der Waals surface area (Å²) in [4.78, 5) is 9.92. The summed E-state index contributed by atoms with van der Waals surface area (Å²) in [7, 11) is 2.22. The predicted octanol–water partition coefficient (Wildman–Crippen LogP) is 1.90. The monoisotopic (exact) mass is 381 g/mol. The Balaban J connectivity index is 1.75. The quantitative estimate of drug-likeness (QED) is 0.323. The molecule has 0 aromatic rings. The van der Waals surface area contributed by atoms with E-state index in [0.717, 1.165) is 45.0 Å². The molecule has 1 heterocycles. The molecule has 0 radical (unpaired) electrons. The van der Waals surface area contributed by atoms with Crippen molar-refractivity contribution in [3.05, 3.63) is 0 Å². The summed E-state index contributed by atoms with van der Waals surface area (Å²) in [6.07, 6.45) is 9.63. The SMILES string of the molecule is CCNC(=NCC1(CCO)CCCCC1)NCCCN1CCCN(C)CC1. The lowest BCUT2D eigenvalue weighted by Crippen LogP contribution is -2.40. The molecular formula is C21H43N5O. The summed E-state index contributed by atoms with van der Waals surface area (Å²) >= 11 is 0. The average molecular weight is 382 g/mol. The molecule has 0 amide bonds. The van der Waals surface area contributed by atoms with Crippen LogP contribution in [0.15, 0.2) is 4.99 Å². The van der Waals surface area contributed by atoms with Crippen molar-refractivity contribution in [2.75, 3.05) is 66.0 Å². The lowest BCUT2D eigenvalue weighted by Gasteiger charge is -2.35. The van der Waals surface area contributed by atoms with Gasteiger partial charge in [-0.25, -0.2) is 0 Å². The Kier molecular flexibility index (Phi) is 10.5. The van der Waals surface area contributed by atoms with Gasteiger partial charge < -0.3 is 25.5 Å². The van der Waals surface area contributed by atoms with Crippen LogP contribution in [0.25, 0.3) is 0 Å². The normalized spacial score (nSPS) is 22.4. The van der Waals surface area contributed by atoms with Gasteiger partial charge >= 0.3 is 0 Å². The van der Waals surface area contributed by atoms with E-state index >= 15 is 0 Å². The van der Waals surface area contributed by atoms with Gasteiger partial charge in [-0.3, -0.25) is 4.99 Å². The van der Waals surface area contributed by atoms with E-state index in [1.54, 1.807) is 0 Å². The molecular weight excluding hydrogens is 338 g/mol. The fraction of sp³-hybridized carbons (Fsp3) is 0.952. The predicted molar refractivity (Wildman–Crippen MR) is 114 cm³/mol. The number of rotatable bonds is 9. The molecule has 27 heavy (non-hydrogen) atoms. The van der Waals surface area contributed by atoms with Crippen LogP contribution in [-0.2, 0) is 0 Å². The van der Waals surface area contributed by atoms with Gasteiger partial charge in [0.05, 0.1) is 0 Å². The maximum absolute atomic E-state index is 9.50. The van der Waals surface area contributed by atoms with Crippen LogP contribution >= 0.6 is 0 Å². The van der Waals surface area contributed by atoms with E-state index in [2.05, 4.69) is 34.4 Å². The number of aliphatic hydroxyl groups is 1. The summed E-state index contributed by atoms with van der Waals surface area (Å²) in [6.45, 7) is 11.1. The summed E-state index contributed by atoms with van der Waals surface area (Å²) in [6, 6.07) is 0. The number of guanidine groups is 1. The molecule has 1 aliphatic heterocycles. The third-order valence-corrected chi connectivity index (χ3v) is 6.23. The topological polar surface area (TPSA) is 63.1 Å². The molecule has 158 valence electrons. The highest BCUT2D eigenvalue weighted by molar-refractivity contribution is 5.79. The van der Waals surface area contributed by atoms with Crippen molar-refractivity contribution in [2.45, 2.75) is 58.3 Å². The van der Waals surface area contributed by atoms with E-state index in [1.165, 1.54) is 64.7 Å². The molecule has 2 fully saturated rings. The summed E-state index contributed by atoms with van der Waals surface area (Å²) in [5.74, 6) is 0.941. The number of aliphatic imine (C=N–C) groups is 1. The zero-order valence-corrected chi connectivity index (χ0v) is 17.8. The van der Waals surface area contributed by atoms with Gasteiger partial charge in [0.1, 0.15) is 0 Å². The van der Waals surface area contributed by atoms with Crippen molar-refractivity contribution in [2.24, 2.45) is 10.4 Å². The highest BCUT2D eigenvalue weighted by atomic mass is 16.3. The Bertz CT molecular complexity index is 417. The van der Waals surface area contributed by atoms with Crippen LogP contribution in [0.3, 0.4) is 0 Å². The van der Waals surface area contributed by atoms with Gasteiger partial charge in [0.2, 0.25) is 0 Å². The third-order valence-electron chi connectivity index (χ3n) is 6.23. The van der Waals surface area contributed by atoms with Gasteiger partial charge in [0.25, 0.3) is 0 Å². The molecule has 0 bridgehead atoms. The van der Waals surface area contributed by atoms with E-state index in [9.17, 15) is 5.11 Å². The maximum atomic E-state index is 9.50. The largest absolute Gasteiger partial charge is 0.396 e. The molecule has 6 heteroatoms. The minimum atomic E-state index is 0.216. The van der Waals surface area contributed by atoms with E-state index in [-0.39, 0.29) is 12.0 Å². The molecule has 0 aromatic carbocycles. The fourth-order valence-electron chi connectivity index (χ4n) is 4.45. The molecule has 0 aromatic heterocycles. The molecule has 1 saturated heterocycles. The smallest absolute Gasteiger partial charge is 0.191 e. The third kappa shape index (κ3) is 8.36. The van der Waals surface area contributed by atoms with Gasteiger partial charge in [0.15, 0.2) is 5.96 Å². The van der Waals surface area contributed by atoms with Crippen molar-refractivity contribution in [1.29, 1.82) is 0 Å². The van der Waals surface area contributed by atoms with Gasteiger partial charge in [0, 0.05) is 39.3 Å². The first kappa shape index (κ1) is 22.4. The maximum Gasteiger partial charge on any atom is 0.191 e. The molecule has 2 aliphatic rings. The van der Waals surface area contributed by atoms with Crippen molar-refractivity contribution in [1.82, 2.24) is 20.4 Å². The van der Waals surface area contributed by atoms with Gasteiger partial charge in [-0.2, -0.15) is 0 Å². The second-order valence-electron chi connectivity index (χ2n) is 8.51. The standard InChI is InChI=1S/C21H43N5O/c1-3-22-20(24-19-21(11-18-27)9-5-4-6-10-21)23-12-7-14-26-15-8-13-25(2)16-17-26/h27H,3-19H2,1-2H3,(H2,22,23,24). The first-order chi connectivity index (χ1) is 13.2. The Morgan fingerprint density at radius 2 is 1.85 bits per heavy atom. The molecule has 3 N–H and O–H groups in total. The zero-order valence-electron chi connectivity index (χ0n) is 17.8. The van der Waals surface area contributed by atoms with Crippen molar-refractivity contribution < 1.29 is 5.11 Å².